The van der Waals surface area contributed by atoms with Crippen LogP contribution in [0.3, 0.4) is 0 Å². The van der Waals surface area contributed by atoms with Crippen molar-refractivity contribution in [3.8, 4) is 0 Å². The summed E-state index contributed by atoms with van der Waals surface area (Å²) in [6.07, 6.45) is -0.400. The molecule has 0 aromatic heterocycles. The van der Waals surface area contributed by atoms with E-state index in [1.165, 1.54) is 36.9 Å². The summed E-state index contributed by atoms with van der Waals surface area (Å²) in [6, 6.07) is 5.50. The van der Waals surface area contributed by atoms with E-state index >= 15 is 0 Å². The molecule has 1 aromatic carbocycles. The van der Waals surface area contributed by atoms with Crippen molar-refractivity contribution in [2.45, 2.75) is 20.8 Å². The molecule has 1 N–H and O–H groups in total. The van der Waals surface area contributed by atoms with E-state index in [9.17, 15) is 18.8 Å². The highest BCUT2D eigenvalue weighted by atomic mass is 19.1. The number of hydrogen-bond donors (Lipinski definition) is 1. The van der Waals surface area contributed by atoms with E-state index < -0.39 is 23.2 Å². The zero-order chi connectivity index (χ0) is 19.3. The zero-order valence-electron chi connectivity index (χ0n) is 15.3. The minimum absolute atomic E-state index is 0.294. The number of halogens is 1. The molecule has 1 aliphatic heterocycles. The van der Waals surface area contributed by atoms with Gasteiger partial charge in [0.1, 0.15) is 11.2 Å². The molecule has 1 aliphatic rings. The number of rotatable bonds is 4. The first kappa shape index (κ1) is 19.7. The highest BCUT2D eigenvalue weighted by Crippen LogP contribution is 2.23. The zero-order valence-corrected chi connectivity index (χ0v) is 15.3. The number of hydrogen-bond acceptors (Lipinski definition) is 4. The molecule has 0 bridgehead atoms. The number of benzene rings is 1. The fourth-order valence-electron chi connectivity index (χ4n) is 2.65. The van der Waals surface area contributed by atoms with Gasteiger partial charge in [0, 0.05) is 31.9 Å². The van der Waals surface area contributed by atoms with Crippen LogP contribution < -0.4 is 5.32 Å². The number of amides is 3. The van der Waals surface area contributed by atoms with Crippen LogP contribution in [0, 0.1) is 11.2 Å². The maximum atomic E-state index is 13.3. The molecule has 1 heterocycles. The summed E-state index contributed by atoms with van der Waals surface area (Å²) < 4.78 is 18.2. The van der Waals surface area contributed by atoms with Gasteiger partial charge in [-0.15, -0.1) is 0 Å². The van der Waals surface area contributed by atoms with E-state index in [0.29, 0.717) is 38.5 Å². The number of ether oxygens (including phenoxy) is 1. The van der Waals surface area contributed by atoms with E-state index in [-0.39, 0.29) is 5.91 Å². The van der Waals surface area contributed by atoms with Gasteiger partial charge in [-0.25, -0.2) is 9.18 Å². The molecule has 7 nitrogen and oxygen atoms in total. The topological polar surface area (TPSA) is 79.0 Å². The third-order valence-electron chi connectivity index (χ3n) is 4.28. The van der Waals surface area contributed by atoms with E-state index in [1.807, 2.05) is 0 Å². The summed E-state index contributed by atoms with van der Waals surface area (Å²) >= 11 is 0. The SMILES string of the molecule is CCOC(=O)N1CCN(C(=O)C(C)(C)C(=O)Nc2cccc(F)c2)CC1. The smallest absolute Gasteiger partial charge is 0.409 e. The number of nitrogens with one attached hydrogen (secondary N) is 1. The average molecular weight is 365 g/mol. The molecule has 0 radical (unpaired) electrons. The van der Waals surface area contributed by atoms with Crippen LogP contribution in [0.15, 0.2) is 24.3 Å². The predicted molar refractivity (Wildman–Crippen MR) is 94.0 cm³/mol. The standard InChI is InChI=1S/C18H24FN3O4/c1-4-26-17(25)22-10-8-21(9-11-22)16(24)18(2,3)15(23)20-14-7-5-6-13(19)12-14/h5-7,12H,4,8-11H2,1-3H3,(H,20,23). The van der Waals surface area contributed by atoms with Gasteiger partial charge in [0.15, 0.2) is 0 Å². The Kier molecular flexibility index (Phi) is 6.18. The van der Waals surface area contributed by atoms with Crippen LogP contribution >= 0.6 is 0 Å². The van der Waals surface area contributed by atoms with Crippen molar-refractivity contribution >= 4 is 23.6 Å². The lowest BCUT2D eigenvalue weighted by Crippen LogP contribution is -2.55. The molecular weight excluding hydrogens is 341 g/mol. The third-order valence-corrected chi connectivity index (χ3v) is 4.28. The second-order valence-corrected chi connectivity index (χ2v) is 6.57. The number of carbonyl (C=O) groups excluding carboxylic acids is 3. The van der Waals surface area contributed by atoms with E-state index in [1.54, 1.807) is 17.9 Å². The number of piperazine rings is 1. The van der Waals surface area contributed by atoms with Crippen molar-refractivity contribution in [2.24, 2.45) is 5.41 Å². The Morgan fingerprint density at radius 2 is 1.77 bits per heavy atom. The Labute approximate surface area is 152 Å². The minimum Gasteiger partial charge on any atom is -0.450 e. The van der Waals surface area contributed by atoms with Gasteiger partial charge in [-0.05, 0) is 39.0 Å². The van der Waals surface area contributed by atoms with Crippen LogP contribution in [0.1, 0.15) is 20.8 Å². The quantitative estimate of drug-likeness (QED) is 0.829. The first-order valence-corrected chi connectivity index (χ1v) is 8.53. The van der Waals surface area contributed by atoms with Crippen LogP contribution in [0.5, 0.6) is 0 Å². The first-order valence-electron chi connectivity index (χ1n) is 8.53. The Hall–Kier alpha value is -2.64. The van der Waals surface area contributed by atoms with Crippen molar-refractivity contribution in [1.82, 2.24) is 9.80 Å². The highest BCUT2D eigenvalue weighted by molar-refractivity contribution is 6.09. The minimum atomic E-state index is -1.32. The molecule has 0 spiro atoms. The van der Waals surface area contributed by atoms with Crippen molar-refractivity contribution in [1.29, 1.82) is 0 Å². The molecule has 26 heavy (non-hydrogen) atoms. The lowest BCUT2D eigenvalue weighted by Gasteiger charge is -2.37. The van der Waals surface area contributed by atoms with Gasteiger partial charge in [-0.3, -0.25) is 9.59 Å². The molecule has 0 aliphatic carbocycles. The van der Waals surface area contributed by atoms with Crippen molar-refractivity contribution < 1.29 is 23.5 Å². The lowest BCUT2D eigenvalue weighted by atomic mass is 9.89. The summed E-state index contributed by atoms with van der Waals surface area (Å²) in [6.45, 7) is 6.45. The molecule has 1 aromatic rings. The largest absolute Gasteiger partial charge is 0.450 e. The van der Waals surface area contributed by atoms with Crippen LogP contribution in [0.2, 0.25) is 0 Å². The Morgan fingerprint density at radius 1 is 1.15 bits per heavy atom. The molecule has 0 atom stereocenters. The van der Waals surface area contributed by atoms with Crippen LogP contribution in [0.4, 0.5) is 14.9 Å². The number of anilines is 1. The fourth-order valence-corrected chi connectivity index (χ4v) is 2.65. The summed E-state index contributed by atoms with van der Waals surface area (Å²) in [7, 11) is 0. The van der Waals surface area contributed by atoms with Crippen LogP contribution in [0.25, 0.3) is 0 Å². The summed E-state index contributed by atoms with van der Waals surface area (Å²) in [5.41, 5.74) is -1.03. The molecule has 8 heteroatoms. The van der Waals surface area contributed by atoms with E-state index in [2.05, 4.69) is 5.32 Å². The second-order valence-electron chi connectivity index (χ2n) is 6.57. The van der Waals surface area contributed by atoms with Gasteiger partial charge in [-0.1, -0.05) is 6.07 Å². The highest BCUT2D eigenvalue weighted by Gasteiger charge is 2.40. The van der Waals surface area contributed by atoms with Crippen molar-refractivity contribution in [2.75, 3.05) is 38.1 Å². The molecule has 0 saturated carbocycles. The van der Waals surface area contributed by atoms with Gasteiger partial charge < -0.3 is 19.9 Å². The summed E-state index contributed by atoms with van der Waals surface area (Å²) in [5.74, 6) is -1.32. The second kappa shape index (κ2) is 8.16. The molecule has 1 saturated heterocycles. The maximum absolute atomic E-state index is 13.3. The average Bonchev–Trinajstić information content (AvgIpc) is 2.61. The molecule has 142 valence electrons. The van der Waals surface area contributed by atoms with Crippen LogP contribution in [-0.2, 0) is 14.3 Å². The van der Waals surface area contributed by atoms with Gasteiger partial charge in [0.25, 0.3) is 0 Å². The first-order chi connectivity index (χ1) is 12.3. The Balaban J connectivity index is 1.97. The normalized spacial score (nSPS) is 14.8. The Bertz CT molecular complexity index is 685. The van der Waals surface area contributed by atoms with Crippen molar-refractivity contribution in [3.63, 3.8) is 0 Å². The fraction of sp³-hybridized carbons (Fsp3) is 0.500. The summed E-state index contributed by atoms with van der Waals surface area (Å²) in [5, 5.41) is 2.58. The monoisotopic (exact) mass is 365 g/mol. The van der Waals surface area contributed by atoms with E-state index in [4.69, 9.17) is 4.74 Å². The summed E-state index contributed by atoms with van der Waals surface area (Å²) in [4.78, 5) is 40.1. The molecule has 2 rings (SSSR count). The van der Waals surface area contributed by atoms with E-state index in [0.717, 1.165) is 0 Å². The molecule has 1 fully saturated rings. The molecular formula is C18H24FN3O4. The number of carbonyl (C=O) groups is 3. The Morgan fingerprint density at radius 3 is 2.35 bits per heavy atom. The van der Waals surface area contributed by atoms with Crippen LogP contribution in [-0.4, -0.2) is 60.5 Å². The number of nitrogens with zero attached hydrogens (tertiary/aromatic N) is 2. The lowest BCUT2D eigenvalue weighted by molar-refractivity contribution is -0.147. The van der Waals surface area contributed by atoms with Gasteiger partial charge in [-0.2, -0.15) is 0 Å². The molecule has 3 amide bonds. The van der Waals surface area contributed by atoms with Gasteiger partial charge in [0.05, 0.1) is 6.61 Å². The van der Waals surface area contributed by atoms with Gasteiger partial charge in [0.2, 0.25) is 11.8 Å². The van der Waals surface area contributed by atoms with Crippen molar-refractivity contribution in [3.05, 3.63) is 30.1 Å². The predicted octanol–water partition coefficient (Wildman–Crippen LogP) is 2.09. The van der Waals surface area contributed by atoms with Gasteiger partial charge >= 0.3 is 6.09 Å². The third kappa shape index (κ3) is 4.50. The maximum Gasteiger partial charge on any atom is 0.409 e. The molecule has 0 unspecified atom stereocenters.